The predicted octanol–water partition coefficient (Wildman–Crippen LogP) is 3.88. The van der Waals surface area contributed by atoms with Crippen molar-refractivity contribution >= 4 is 11.6 Å². The van der Waals surface area contributed by atoms with Crippen LogP contribution in [0.3, 0.4) is 0 Å². The zero-order valence-electron chi connectivity index (χ0n) is 13.1. The summed E-state index contributed by atoms with van der Waals surface area (Å²) in [6.45, 7) is 13.9. The van der Waals surface area contributed by atoms with E-state index in [9.17, 15) is 0 Å². The second-order valence-electron chi connectivity index (χ2n) is 5.86. The number of hydrogen-bond donors (Lipinski definition) is 2. The number of nitrogens with one attached hydrogen (secondary N) is 2. The number of rotatable bonds is 7. The van der Waals surface area contributed by atoms with E-state index in [2.05, 4.69) is 62.1 Å². The van der Waals surface area contributed by atoms with Crippen LogP contribution in [0.1, 0.15) is 59.7 Å². The molecular formula is C15H28N4. The summed E-state index contributed by atoms with van der Waals surface area (Å²) in [5.74, 6) is 3.72. The molecule has 19 heavy (non-hydrogen) atoms. The van der Waals surface area contributed by atoms with Gasteiger partial charge in [0.25, 0.3) is 0 Å². The zero-order chi connectivity index (χ0) is 14.4. The molecule has 0 aliphatic heterocycles. The first kappa shape index (κ1) is 15.7. The van der Waals surface area contributed by atoms with Crippen LogP contribution in [0.4, 0.5) is 11.6 Å². The van der Waals surface area contributed by atoms with Crippen molar-refractivity contribution in [3.63, 3.8) is 0 Å². The molecule has 1 rings (SSSR count). The maximum absolute atomic E-state index is 4.60. The minimum absolute atomic E-state index is 0.333. The first-order valence-electron chi connectivity index (χ1n) is 7.31. The quantitative estimate of drug-likeness (QED) is 0.784. The second-order valence-corrected chi connectivity index (χ2v) is 5.86. The molecule has 108 valence electrons. The van der Waals surface area contributed by atoms with E-state index in [-0.39, 0.29) is 0 Å². The van der Waals surface area contributed by atoms with Gasteiger partial charge in [-0.05, 0) is 26.2 Å². The monoisotopic (exact) mass is 264 g/mol. The van der Waals surface area contributed by atoms with Crippen molar-refractivity contribution in [1.82, 2.24) is 9.97 Å². The Labute approximate surface area is 117 Å². The first-order valence-corrected chi connectivity index (χ1v) is 7.31. The summed E-state index contributed by atoms with van der Waals surface area (Å²) in [7, 11) is 0. The van der Waals surface area contributed by atoms with Crippen molar-refractivity contribution in [3.05, 3.63) is 11.9 Å². The van der Waals surface area contributed by atoms with E-state index in [4.69, 9.17) is 0 Å². The van der Waals surface area contributed by atoms with E-state index in [0.717, 1.165) is 30.4 Å². The van der Waals surface area contributed by atoms with Gasteiger partial charge in [-0.25, -0.2) is 9.97 Å². The molecule has 1 heterocycles. The molecule has 1 aromatic rings. The molecular weight excluding hydrogens is 236 g/mol. The van der Waals surface area contributed by atoms with Crippen LogP contribution in [0.5, 0.6) is 0 Å². The summed E-state index contributed by atoms with van der Waals surface area (Å²) < 4.78 is 0. The topological polar surface area (TPSA) is 49.8 Å². The lowest BCUT2D eigenvalue weighted by atomic mass is 10.1. The Morgan fingerprint density at radius 3 is 2.21 bits per heavy atom. The van der Waals surface area contributed by atoms with Crippen molar-refractivity contribution in [3.8, 4) is 0 Å². The van der Waals surface area contributed by atoms with Crippen molar-refractivity contribution in [2.75, 3.05) is 17.2 Å². The molecule has 1 atom stereocenters. The lowest BCUT2D eigenvalue weighted by molar-refractivity contribution is 0.538. The minimum Gasteiger partial charge on any atom is -0.370 e. The fourth-order valence-corrected chi connectivity index (χ4v) is 2.09. The Kier molecular flexibility index (Phi) is 6.06. The summed E-state index contributed by atoms with van der Waals surface area (Å²) in [6.07, 6.45) is 1.14. The average Bonchev–Trinajstić information content (AvgIpc) is 2.27. The lowest BCUT2D eigenvalue weighted by Gasteiger charge is -2.18. The predicted molar refractivity (Wildman–Crippen MR) is 82.8 cm³/mol. The van der Waals surface area contributed by atoms with Gasteiger partial charge in [0.05, 0.1) is 0 Å². The van der Waals surface area contributed by atoms with Crippen molar-refractivity contribution in [2.45, 2.75) is 59.9 Å². The zero-order valence-corrected chi connectivity index (χ0v) is 13.1. The molecule has 0 fully saturated rings. The van der Waals surface area contributed by atoms with Crippen LogP contribution in [0.15, 0.2) is 6.07 Å². The smallest absolute Gasteiger partial charge is 0.135 e. The van der Waals surface area contributed by atoms with Crippen LogP contribution in [-0.4, -0.2) is 22.6 Å². The Hall–Kier alpha value is -1.32. The van der Waals surface area contributed by atoms with Gasteiger partial charge < -0.3 is 10.6 Å². The van der Waals surface area contributed by atoms with E-state index in [1.807, 2.05) is 6.07 Å². The van der Waals surface area contributed by atoms with E-state index < -0.39 is 0 Å². The van der Waals surface area contributed by atoms with Gasteiger partial charge in [0.1, 0.15) is 17.5 Å². The molecule has 1 aromatic heterocycles. The number of aromatic nitrogens is 2. The van der Waals surface area contributed by atoms with Gasteiger partial charge in [0, 0.05) is 24.6 Å². The van der Waals surface area contributed by atoms with Crippen molar-refractivity contribution in [1.29, 1.82) is 0 Å². The Bertz CT molecular complexity index is 388. The van der Waals surface area contributed by atoms with Gasteiger partial charge in [-0.1, -0.05) is 27.7 Å². The van der Waals surface area contributed by atoms with Crippen molar-refractivity contribution < 1.29 is 0 Å². The standard InChI is InChI=1S/C15H28N4/c1-7-16-13-9-14(17-12(6)8-10(2)3)19-15(18-13)11(4)5/h9-12H,7-8H2,1-6H3,(H2,16,17,18,19). The van der Waals surface area contributed by atoms with Gasteiger partial charge in [-0.3, -0.25) is 0 Å². The minimum atomic E-state index is 0.333. The molecule has 4 nitrogen and oxygen atoms in total. The molecule has 1 unspecified atom stereocenters. The molecule has 0 aliphatic carbocycles. The van der Waals surface area contributed by atoms with Gasteiger partial charge in [0.15, 0.2) is 0 Å². The van der Waals surface area contributed by atoms with Gasteiger partial charge in [0.2, 0.25) is 0 Å². The molecule has 0 saturated carbocycles. The molecule has 0 radical (unpaired) electrons. The van der Waals surface area contributed by atoms with Gasteiger partial charge in [-0.2, -0.15) is 0 Å². The third-order valence-corrected chi connectivity index (χ3v) is 2.84. The van der Waals surface area contributed by atoms with E-state index in [1.54, 1.807) is 0 Å². The summed E-state index contributed by atoms with van der Waals surface area (Å²) in [5, 5.41) is 6.74. The van der Waals surface area contributed by atoms with Crippen LogP contribution in [-0.2, 0) is 0 Å². The molecule has 2 N–H and O–H groups in total. The average molecular weight is 264 g/mol. The normalized spacial score (nSPS) is 12.8. The fraction of sp³-hybridized carbons (Fsp3) is 0.733. The fourth-order valence-electron chi connectivity index (χ4n) is 2.09. The van der Waals surface area contributed by atoms with Crippen LogP contribution >= 0.6 is 0 Å². The number of nitrogens with zero attached hydrogens (tertiary/aromatic N) is 2. The largest absolute Gasteiger partial charge is 0.370 e. The van der Waals surface area contributed by atoms with E-state index in [1.165, 1.54) is 0 Å². The molecule has 0 aromatic carbocycles. The van der Waals surface area contributed by atoms with Gasteiger partial charge in [-0.15, -0.1) is 0 Å². The molecule has 0 aliphatic rings. The summed E-state index contributed by atoms with van der Waals surface area (Å²) in [4.78, 5) is 9.13. The maximum Gasteiger partial charge on any atom is 0.135 e. The second kappa shape index (κ2) is 7.31. The summed E-state index contributed by atoms with van der Waals surface area (Å²) in [5.41, 5.74) is 0. The maximum atomic E-state index is 4.60. The molecule has 0 amide bonds. The molecule has 0 bridgehead atoms. The van der Waals surface area contributed by atoms with Crippen molar-refractivity contribution in [2.24, 2.45) is 5.92 Å². The van der Waals surface area contributed by atoms with Crippen LogP contribution < -0.4 is 10.6 Å². The highest BCUT2D eigenvalue weighted by Gasteiger charge is 2.10. The highest BCUT2D eigenvalue weighted by molar-refractivity contribution is 5.48. The van der Waals surface area contributed by atoms with Crippen LogP contribution in [0.2, 0.25) is 0 Å². The molecule has 0 spiro atoms. The summed E-state index contributed by atoms with van der Waals surface area (Å²) >= 11 is 0. The Morgan fingerprint density at radius 1 is 1.05 bits per heavy atom. The third-order valence-electron chi connectivity index (χ3n) is 2.84. The molecule has 0 saturated heterocycles. The number of anilines is 2. The Morgan fingerprint density at radius 2 is 1.68 bits per heavy atom. The van der Waals surface area contributed by atoms with Gasteiger partial charge >= 0.3 is 0 Å². The highest BCUT2D eigenvalue weighted by atomic mass is 15.1. The van der Waals surface area contributed by atoms with E-state index >= 15 is 0 Å². The number of hydrogen-bond acceptors (Lipinski definition) is 4. The lowest BCUT2D eigenvalue weighted by Crippen LogP contribution is -2.19. The first-order chi connectivity index (χ1) is 8.92. The van der Waals surface area contributed by atoms with Crippen LogP contribution in [0.25, 0.3) is 0 Å². The third kappa shape index (κ3) is 5.45. The summed E-state index contributed by atoms with van der Waals surface area (Å²) in [6, 6.07) is 2.41. The molecule has 4 heteroatoms. The van der Waals surface area contributed by atoms with E-state index in [0.29, 0.717) is 17.9 Å². The van der Waals surface area contributed by atoms with Crippen LogP contribution in [0, 0.1) is 5.92 Å². The highest BCUT2D eigenvalue weighted by Crippen LogP contribution is 2.18. The SMILES string of the molecule is CCNc1cc(NC(C)CC(C)C)nc(C(C)C)n1. The Balaban J connectivity index is 2.86.